The molecule has 0 aliphatic carbocycles. The quantitative estimate of drug-likeness (QED) is 0.923. The minimum absolute atomic E-state index is 0.0521. The molecular formula is C19H25NO4. The summed E-state index contributed by atoms with van der Waals surface area (Å²) in [4.78, 5) is 27.5. The van der Waals surface area contributed by atoms with E-state index in [9.17, 15) is 14.7 Å². The van der Waals surface area contributed by atoms with Gasteiger partial charge in [0.1, 0.15) is 5.78 Å². The van der Waals surface area contributed by atoms with Crippen molar-refractivity contribution in [2.75, 3.05) is 11.5 Å². The minimum Gasteiger partial charge on any atom is -0.375 e. The lowest BCUT2D eigenvalue weighted by molar-refractivity contribution is -0.172. The van der Waals surface area contributed by atoms with Gasteiger partial charge in [-0.3, -0.25) is 9.59 Å². The van der Waals surface area contributed by atoms with Gasteiger partial charge in [0, 0.05) is 18.0 Å². The number of hydrogen-bond acceptors (Lipinski definition) is 4. The summed E-state index contributed by atoms with van der Waals surface area (Å²) in [5.74, 6) is -1.41. The first kappa shape index (κ1) is 17.1. The van der Waals surface area contributed by atoms with Crippen LogP contribution in [0, 0.1) is 5.92 Å². The van der Waals surface area contributed by atoms with Crippen LogP contribution in [0.2, 0.25) is 0 Å². The molecule has 0 radical (unpaired) electrons. The number of carbonyl (C=O) groups is 2. The molecule has 0 bridgehead atoms. The maximum Gasteiger partial charge on any atom is 0.264 e. The molecule has 3 rings (SSSR count). The van der Waals surface area contributed by atoms with Crippen molar-refractivity contribution in [2.24, 2.45) is 5.92 Å². The number of hydrogen-bond donors (Lipinski definition) is 1. The van der Waals surface area contributed by atoms with Gasteiger partial charge >= 0.3 is 0 Å². The number of aliphatic hydroxyl groups is 1. The van der Waals surface area contributed by atoms with E-state index < -0.39 is 23.0 Å². The van der Waals surface area contributed by atoms with Gasteiger partial charge in [-0.05, 0) is 33.3 Å². The van der Waals surface area contributed by atoms with Crippen molar-refractivity contribution in [3.8, 4) is 0 Å². The second-order valence-corrected chi connectivity index (χ2v) is 7.48. The molecule has 0 spiro atoms. The number of nitrogens with zero attached hydrogens (tertiary/aromatic N) is 1. The third-order valence-electron chi connectivity index (χ3n) is 5.28. The van der Waals surface area contributed by atoms with Crippen molar-refractivity contribution in [2.45, 2.75) is 57.8 Å². The zero-order valence-electron chi connectivity index (χ0n) is 14.7. The Hall–Kier alpha value is -1.72. The van der Waals surface area contributed by atoms with E-state index in [1.165, 1.54) is 0 Å². The summed E-state index contributed by atoms with van der Waals surface area (Å²) in [5, 5.41) is 11.4. The van der Waals surface area contributed by atoms with Crippen molar-refractivity contribution in [1.82, 2.24) is 0 Å². The molecule has 0 saturated carbocycles. The van der Waals surface area contributed by atoms with Crippen LogP contribution in [0.3, 0.4) is 0 Å². The molecule has 5 heteroatoms. The molecule has 2 aliphatic heterocycles. The monoisotopic (exact) mass is 331 g/mol. The molecule has 1 fully saturated rings. The van der Waals surface area contributed by atoms with E-state index in [-0.39, 0.29) is 24.9 Å². The first-order valence-corrected chi connectivity index (χ1v) is 8.54. The third-order valence-corrected chi connectivity index (χ3v) is 5.28. The van der Waals surface area contributed by atoms with Crippen LogP contribution in [-0.4, -0.2) is 35.0 Å². The first-order valence-electron chi connectivity index (χ1n) is 8.54. The normalized spacial score (nSPS) is 30.4. The number of benzene rings is 1. The number of rotatable bonds is 3. The summed E-state index contributed by atoms with van der Waals surface area (Å²) >= 11 is 0. The van der Waals surface area contributed by atoms with Crippen molar-refractivity contribution in [1.29, 1.82) is 0 Å². The lowest BCUT2D eigenvalue weighted by Crippen LogP contribution is -2.55. The van der Waals surface area contributed by atoms with Crippen molar-refractivity contribution >= 4 is 17.4 Å². The van der Waals surface area contributed by atoms with Crippen LogP contribution in [0.4, 0.5) is 5.69 Å². The SMILES string of the molecule is CC[C@@H](C)N1C(=O)[C@](O)([C@H]2COC(C)(C)CC2=O)c2ccccc21. The smallest absolute Gasteiger partial charge is 0.264 e. The van der Waals surface area contributed by atoms with Crippen LogP contribution in [0.5, 0.6) is 0 Å². The second kappa shape index (κ2) is 5.67. The summed E-state index contributed by atoms with van der Waals surface area (Å²) in [6.07, 6.45) is 0.955. The Morgan fingerprint density at radius 1 is 1.33 bits per heavy atom. The molecule has 1 amide bonds. The van der Waals surface area contributed by atoms with Crippen molar-refractivity contribution in [3.05, 3.63) is 29.8 Å². The molecule has 1 aromatic rings. The van der Waals surface area contributed by atoms with E-state index in [2.05, 4.69) is 0 Å². The summed E-state index contributed by atoms with van der Waals surface area (Å²) in [6, 6.07) is 7.15. The van der Waals surface area contributed by atoms with E-state index in [4.69, 9.17) is 4.74 Å². The first-order chi connectivity index (χ1) is 11.2. The predicted molar refractivity (Wildman–Crippen MR) is 90.7 cm³/mol. The summed E-state index contributed by atoms with van der Waals surface area (Å²) in [5.41, 5.74) is -1.19. The van der Waals surface area contributed by atoms with Crippen LogP contribution < -0.4 is 4.90 Å². The zero-order valence-corrected chi connectivity index (χ0v) is 14.7. The summed E-state index contributed by atoms with van der Waals surface area (Å²) in [7, 11) is 0. The van der Waals surface area contributed by atoms with Gasteiger partial charge in [-0.15, -0.1) is 0 Å². The lowest BCUT2D eigenvalue weighted by Gasteiger charge is -2.39. The van der Waals surface area contributed by atoms with Gasteiger partial charge in [0.05, 0.1) is 23.8 Å². The molecule has 2 heterocycles. The zero-order chi connectivity index (χ0) is 17.7. The molecule has 2 aliphatic rings. The number of carbonyl (C=O) groups excluding carboxylic acids is 2. The standard InChI is InChI=1S/C19H25NO4/c1-5-12(2)20-15-9-7-6-8-13(15)19(23,17(20)22)14-11-24-18(3,4)10-16(14)21/h6-9,12,14,23H,5,10-11H2,1-4H3/t12-,14+,19-/m1/s1. The van der Waals surface area contributed by atoms with Gasteiger partial charge in [0.25, 0.3) is 5.91 Å². The molecule has 3 atom stereocenters. The van der Waals surface area contributed by atoms with Crippen LogP contribution >= 0.6 is 0 Å². The Morgan fingerprint density at radius 3 is 2.62 bits per heavy atom. The van der Waals surface area contributed by atoms with Gasteiger partial charge < -0.3 is 14.7 Å². The fourth-order valence-electron chi connectivity index (χ4n) is 3.72. The number of ether oxygens (including phenoxy) is 1. The number of anilines is 1. The summed E-state index contributed by atoms with van der Waals surface area (Å²) in [6.45, 7) is 7.69. The number of ketones is 1. The van der Waals surface area contributed by atoms with E-state index in [0.29, 0.717) is 11.3 Å². The molecule has 1 aromatic carbocycles. The molecular weight excluding hydrogens is 306 g/mol. The summed E-state index contributed by atoms with van der Waals surface area (Å²) < 4.78 is 5.76. The van der Waals surface area contributed by atoms with Gasteiger partial charge in [-0.2, -0.15) is 0 Å². The maximum absolute atomic E-state index is 13.2. The van der Waals surface area contributed by atoms with E-state index in [1.807, 2.05) is 39.8 Å². The highest BCUT2D eigenvalue weighted by Crippen LogP contribution is 2.48. The highest BCUT2D eigenvalue weighted by atomic mass is 16.5. The number of para-hydroxylation sites is 1. The Balaban J connectivity index is 2.07. The van der Waals surface area contributed by atoms with E-state index >= 15 is 0 Å². The molecule has 0 aromatic heterocycles. The lowest BCUT2D eigenvalue weighted by atomic mass is 9.76. The Labute approximate surface area is 142 Å². The Bertz CT molecular complexity index is 684. The van der Waals surface area contributed by atoms with Crippen molar-refractivity contribution in [3.63, 3.8) is 0 Å². The van der Waals surface area contributed by atoms with Crippen molar-refractivity contribution < 1.29 is 19.4 Å². The van der Waals surface area contributed by atoms with Crippen LogP contribution in [0.1, 0.15) is 46.1 Å². The van der Waals surface area contributed by atoms with Gasteiger partial charge in [-0.25, -0.2) is 0 Å². The molecule has 24 heavy (non-hydrogen) atoms. The second-order valence-electron chi connectivity index (χ2n) is 7.48. The molecule has 0 unspecified atom stereocenters. The minimum atomic E-state index is -1.84. The van der Waals surface area contributed by atoms with E-state index in [0.717, 1.165) is 6.42 Å². The average Bonchev–Trinajstić information content (AvgIpc) is 2.75. The Kier molecular flexibility index (Phi) is 4.04. The average molecular weight is 331 g/mol. The van der Waals surface area contributed by atoms with Crippen LogP contribution in [0.15, 0.2) is 24.3 Å². The van der Waals surface area contributed by atoms with Crippen LogP contribution in [-0.2, 0) is 19.9 Å². The van der Waals surface area contributed by atoms with Gasteiger partial charge in [-0.1, -0.05) is 25.1 Å². The van der Waals surface area contributed by atoms with E-state index in [1.54, 1.807) is 17.0 Å². The molecule has 1 saturated heterocycles. The third kappa shape index (κ3) is 2.38. The van der Waals surface area contributed by atoms with Crippen LogP contribution in [0.25, 0.3) is 0 Å². The van der Waals surface area contributed by atoms with Gasteiger partial charge in [0.2, 0.25) is 0 Å². The molecule has 5 nitrogen and oxygen atoms in total. The fraction of sp³-hybridized carbons (Fsp3) is 0.579. The largest absolute Gasteiger partial charge is 0.375 e. The molecule has 130 valence electrons. The number of amides is 1. The maximum atomic E-state index is 13.2. The number of Topliss-reactive ketones (excluding diaryl/α,β-unsaturated/α-hetero) is 1. The van der Waals surface area contributed by atoms with Gasteiger partial charge in [0.15, 0.2) is 5.60 Å². The Morgan fingerprint density at radius 2 is 2.00 bits per heavy atom. The number of fused-ring (bicyclic) bond motifs is 1. The fourth-order valence-corrected chi connectivity index (χ4v) is 3.72. The highest BCUT2D eigenvalue weighted by molar-refractivity contribution is 6.10. The predicted octanol–water partition coefficient (Wildman–Crippen LogP) is 2.40. The molecule has 1 N–H and O–H groups in total. The topological polar surface area (TPSA) is 66.8 Å². The highest BCUT2D eigenvalue weighted by Gasteiger charge is 2.59.